The van der Waals surface area contributed by atoms with Crippen molar-refractivity contribution in [3.8, 4) is 34.1 Å². The Labute approximate surface area is 228 Å². The lowest BCUT2D eigenvalue weighted by atomic mass is 9.96. The van der Waals surface area contributed by atoms with Crippen LogP contribution in [0.3, 0.4) is 0 Å². The Hall–Kier alpha value is -3.74. The number of rotatable bonds is 7. The minimum absolute atomic E-state index is 0. The SMILES string of the molecule is Cl.O=C1NCc2ccc(-c3ccc4cc(O)ccc4c3Oc3ccc(OCCN4CCCCC4)cc3)cc21. The van der Waals surface area contributed by atoms with E-state index in [4.69, 9.17) is 9.47 Å². The summed E-state index contributed by atoms with van der Waals surface area (Å²) in [5.41, 5.74) is 3.47. The molecule has 1 saturated heterocycles. The normalized spacial score (nSPS) is 15.0. The van der Waals surface area contributed by atoms with Crippen LogP contribution in [0.15, 0.2) is 72.8 Å². The lowest BCUT2D eigenvalue weighted by molar-refractivity contribution is 0.0965. The van der Waals surface area contributed by atoms with Crippen LogP contribution in [0.25, 0.3) is 21.9 Å². The highest BCUT2D eigenvalue weighted by molar-refractivity contribution is 6.01. The van der Waals surface area contributed by atoms with Gasteiger partial charge in [0.05, 0.1) is 0 Å². The number of ether oxygens (including phenoxy) is 2. The molecule has 6 nitrogen and oxygen atoms in total. The van der Waals surface area contributed by atoms with Crippen LogP contribution in [0, 0.1) is 0 Å². The molecule has 0 spiro atoms. The zero-order valence-electron chi connectivity index (χ0n) is 21.1. The number of piperidine rings is 1. The van der Waals surface area contributed by atoms with E-state index in [1.807, 2.05) is 60.7 Å². The number of nitrogens with zero attached hydrogens (tertiary/aromatic N) is 1. The Morgan fingerprint density at radius 3 is 2.45 bits per heavy atom. The first-order valence-electron chi connectivity index (χ1n) is 12.9. The monoisotopic (exact) mass is 530 g/mol. The van der Waals surface area contributed by atoms with Crippen molar-refractivity contribution < 1.29 is 19.4 Å². The zero-order valence-corrected chi connectivity index (χ0v) is 21.9. The van der Waals surface area contributed by atoms with Crippen LogP contribution in [0.4, 0.5) is 0 Å². The van der Waals surface area contributed by atoms with Gasteiger partial charge in [0.1, 0.15) is 29.6 Å². The van der Waals surface area contributed by atoms with Gasteiger partial charge in [-0.3, -0.25) is 9.69 Å². The molecule has 0 aliphatic carbocycles. The summed E-state index contributed by atoms with van der Waals surface area (Å²) in [5, 5.41) is 14.6. The lowest BCUT2D eigenvalue weighted by Gasteiger charge is -2.26. The van der Waals surface area contributed by atoms with Crippen LogP contribution in [0.5, 0.6) is 23.0 Å². The van der Waals surface area contributed by atoms with E-state index in [0.29, 0.717) is 30.2 Å². The third-order valence-electron chi connectivity index (χ3n) is 7.23. The molecule has 0 bridgehead atoms. The fourth-order valence-electron chi connectivity index (χ4n) is 5.20. The Balaban J connectivity index is 0.00000294. The molecule has 38 heavy (non-hydrogen) atoms. The first-order chi connectivity index (χ1) is 18.1. The summed E-state index contributed by atoms with van der Waals surface area (Å²) in [6, 6.07) is 22.8. The van der Waals surface area contributed by atoms with Crippen molar-refractivity contribution in [1.29, 1.82) is 0 Å². The van der Waals surface area contributed by atoms with E-state index < -0.39 is 0 Å². The topological polar surface area (TPSA) is 71.0 Å². The van der Waals surface area contributed by atoms with Gasteiger partial charge < -0.3 is 19.9 Å². The van der Waals surface area contributed by atoms with Crippen molar-refractivity contribution in [2.75, 3.05) is 26.2 Å². The van der Waals surface area contributed by atoms with E-state index >= 15 is 0 Å². The third kappa shape index (κ3) is 5.42. The number of nitrogens with one attached hydrogen (secondary N) is 1. The number of hydrogen-bond acceptors (Lipinski definition) is 5. The number of benzene rings is 4. The lowest BCUT2D eigenvalue weighted by Crippen LogP contribution is -2.33. The van der Waals surface area contributed by atoms with Crippen molar-refractivity contribution in [3.05, 3.63) is 83.9 Å². The fraction of sp³-hybridized carbons (Fsp3) is 0.258. The van der Waals surface area contributed by atoms with Crippen molar-refractivity contribution in [3.63, 3.8) is 0 Å². The summed E-state index contributed by atoms with van der Waals surface area (Å²) in [6.45, 7) is 4.50. The van der Waals surface area contributed by atoms with Gasteiger partial charge in [-0.15, -0.1) is 12.4 Å². The van der Waals surface area contributed by atoms with Gasteiger partial charge in [-0.1, -0.05) is 24.6 Å². The second-order valence-electron chi connectivity index (χ2n) is 9.73. The van der Waals surface area contributed by atoms with E-state index in [9.17, 15) is 9.90 Å². The van der Waals surface area contributed by atoms with Crippen molar-refractivity contribution >= 4 is 29.1 Å². The van der Waals surface area contributed by atoms with Crippen LogP contribution in [-0.2, 0) is 6.54 Å². The van der Waals surface area contributed by atoms with Crippen molar-refractivity contribution in [2.45, 2.75) is 25.8 Å². The predicted octanol–water partition coefficient (Wildman–Crippen LogP) is 6.53. The van der Waals surface area contributed by atoms with E-state index in [1.165, 1.54) is 19.3 Å². The van der Waals surface area contributed by atoms with Crippen LogP contribution < -0.4 is 14.8 Å². The predicted molar refractivity (Wildman–Crippen MR) is 152 cm³/mol. The summed E-state index contributed by atoms with van der Waals surface area (Å²) in [5.74, 6) is 2.32. The summed E-state index contributed by atoms with van der Waals surface area (Å²) >= 11 is 0. The molecule has 6 rings (SSSR count). The number of fused-ring (bicyclic) bond motifs is 2. The van der Waals surface area contributed by atoms with Gasteiger partial charge >= 0.3 is 0 Å². The third-order valence-corrected chi connectivity index (χ3v) is 7.23. The molecule has 4 aromatic rings. The number of phenolic OH excluding ortho intramolecular Hbond substituents is 1. The standard InChI is InChI=1S/C31H30N2O4.ClH/c34-24-7-13-28-21(18-24)6-12-27(22-4-5-23-20-32-31(35)29(23)19-22)30(28)37-26-10-8-25(9-11-26)36-17-16-33-14-2-1-3-15-33;/h4-13,18-19,34H,1-3,14-17,20H2,(H,32,35);1H. The number of carbonyl (C=O) groups is 1. The summed E-state index contributed by atoms with van der Waals surface area (Å²) in [7, 11) is 0. The van der Waals surface area contributed by atoms with Gasteiger partial charge in [0, 0.05) is 29.6 Å². The molecule has 2 N–H and O–H groups in total. The Bertz CT molecular complexity index is 1450. The van der Waals surface area contributed by atoms with Gasteiger partial charge in [-0.25, -0.2) is 0 Å². The highest BCUT2D eigenvalue weighted by atomic mass is 35.5. The molecule has 1 amide bonds. The van der Waals surface area contributed by atoms with Crippen molar-refractivity contribution in [1.82, 2.24) is 10.2 Å². The molecule has 2 aliphatic heterocycles. The van der Waals surface area contributed by atoms with Gasteiger partial charge in [-0.05, 0) is 97.0 Å². The molecule has 0 unspecified atom stereocenters. The van der Waals surface area contributed by atoms with Gasteiger partial charge in [-0.2, -0.15) is 0 Å². The summed E-state index contributed by atoms with van der Waals surface area (Å²) in [4.78, 5) is 14.7. The van der Waals surface area contributed by atoms with Gasteiger partial charge in [0.2, 0.25) is 0 Å². The maximum absolute atomic E-state index is 12.3. The number of phenols is 1. The Morgan fingerprint density at radius 2 is 1.63 bits per heavy atom. The average Bonchev–Trinajstić information content (AvgIpc) is 3.30. The molecular weight excluding hydrogens is 500 g/mol. The van der Waals surface area contributed by atoms with Gasteiger partial charge in [0.15, 0.2) is 0 Å². The molecule has 2 aliphatic rings. The Kier molecular flexibility index (Phi) is 7.72. The van der Waals surface area contributed by atoms with Crippen LogP contribution >= 0.6 is 12.4 Å². The quantitative estimate of drug-likeness (QED) is 0.284. The highest BCUT2D eigenvalue weighted by Crippen LogP contribution is 2.41. The average molecular weight is 531 g/mol. The first-order valence-corrected chi connectivity index (χ1v) is 12.9. The van der Waals surface area contributed by atoms with Crippen LogP contribution in [0.2, 0.25) is 0 Å². The van der Waals surface area contributed by atoms with Crippen LogP contribution in [-0.4, -0.2) is 42.2 Å². The second-order valence-corrected chi connectivity index (χ2v) is 9.73. The van der Waals surface area contributed by atoms with Crippen LogP contribution in [0.1, 0.15) is 35.2 Å². The molecule has 196 valence electrons. The van der Waals surface area contributed by atoms with Gasteiger partial charge in [0.25, 0.3) is 5.91 Å². The molecular formula is C31H31ClN2O4. The van der Waals surface area contributed by atoms with E-state index in [-0.39, 0.29) is 24.1 Å². The molecule has 0 atom stereocenters. The maximum Gasteiger partial charge on any atom is 0.251 e. The number of likely N-dealkylation sites (tertiary alicyclic amines) is 1. The summed E-state index contributed by atoms with van der Waals surface area (Å²) < 4.78 is 12.5. The molecule has 4 aromatic carbocycles. The number of halogens is 1. The number of carbonyl (C=O) groups excluding carboxylic acids is 1. The fourth-order valence-corrected chi connectivity index (χ4v) is 5.20. The number of aromatic hydroxyl groups is 1. The van der Waals surface area contributed by atoms with E-state index in [2.05, 4.69) is 10.2 Å². The smallest absolute Gasteiger partial charge is 0.251 e. The molecule has 0 radical (unpaired) electrons. The molecule has 1 fully saturated rings. The Morgan fingerprint density at radius 1 is 0.842 bits per heavy atom. The van der Waals surface area contributed by atoms with E-state index in [1.54, 1.807) is 12.1 Å². The maximum atomic E-state index is 12.3. The number of hydrogen-bond donors (Lipinski definition) is 2. The molecule has 2 heterocycles. The number of amides is 1. The zero-order chi connectivity index (χ0) is 25.2. The molecule has 7 heteroatoms. The first kappa shape index (κ1) is 25.9. The summed E-state index contributed by atoms with van der Waals surface area (Å²) in [6.07, 6.45) is 3.89. The van der Waals surface area contributed by atoms with Crippen molar-refractivity contribution in [2.24, 2.45) is 0 Å². The molecule has 0 saturated carbocycles. The largest absolute Gasteiger partial charge is 0.508 e. The minimum atomic E-state index is -0.0547. The molecule has 0 aromatic heterocycles. The minimum Gasteiger partial charge on any atom is -0.508 e. The second kappa shape index (κ2) is 11.3. The van der Waals surface area contributed by atoms with E-state index in [0.717, 1.165) is 52.8 Å². The highest BCUT2D eigenvalue weighted by Gasteiger charge is 2.21.